The van der Waals surface area contributed by atoms with Crippen molar-refractivity contribution in [3.8, 4) is 0 Å². The van der Waals surface area contributed by atoms with E-state index in [0.29, 0.717) is 4.57 Å². The molecule has 2 aliphatic rings. The van der Waals surface area contributed by atoms with Crippen molar-refractivity contribution < 1.29 is 126 Å². The Morgan fingerprint density at radius 2 is 1.70 bits per heavy atom. The largest absolute Gasteiger partial charge is 1.00 e. The first-order valence-electron chi connectivity index (χ1n) is 10.8. The van der Waals surface area contributed by atoms with Crippen LogP contribution in [0.25, 0.3) is 0 Å². The van der Waals surface area contributed by atoms with Crippen molar-refractivity contribution in [2.24, 2.45) is 0 Å². The number of amides is 1. The van der Waals surface area contributed by atoms with Crippen molar-refractivity contribution >= 4 is 21.6 Å². The number of aromatic nitrogens is 2. The van der Waals surface area contributed by atoms with Crippen LogP contribution in [0.2, 0.25) is 0 Å². The number of hydrogen-bond donors (Lipinski definition) is 6. The molecule has 23 heteroatoms. The van der Waals surface area contributed by atoms with Gasteiger partial charge in [-0.05, 0) is 6.92 Å². The monoisotopic (exact) mass is 635 g/mol. The van der Waals surface area contributed by atoms with Crippen molar-refractivity contribution in [3.05, 3.63) is 33.1 Å². The van der Waals surface area contributed by atoms with Crippen LogP contribution in [-0.4, -0.2) is 91.4 Å². The van der Waals surface area contributed by atoms with Crippen molar-refractivity contribution in [2.75, 3.05) is 6.61 Å². The molecule has 2 unspecified atom stereocenters. The van der Waals surface area contributed by atoms with E-state index in [1.165, 1.54) is 6.92 Å². The SMILES string of the molecule is CC(=O)N[C@H]1[C@@H](OP(=O)([O-])OP(=O)([O-])OC[C@H]2O[C@@H](n3ccc(=O)[nH]c3=O)[C@H](O)[C@@H]2O)O[C@H](C)[C@@H](O)[C@@H]1O.[Na+].[Na+]. The molecule has 3 rings (SSSR count). The average molecular weight is 635 g/mol. The molecule has 2 aliphatic heterocycles. The van der Waals surface area contributed by atoms with E-state index in [1.54, 1.807) is 0 Å². The van der Waals surface area contributed by atoms with Gasteiger partial charge < -0.3 is 49.5 Å². The molecule has 3 heterocycles. The second kappa shape index (κ2) is 15.3. The molecule has 0 spiro atoms. The summed E-state index contributed by atoms with van der Waals surface area (Å²) in [5, 5.41) is 42.5. The molecular weight excluding hydrogens is 610 g/mol. The molecule has 0 aromatic carbocycles. The average Bonchev–Trinajstić information content (AvgIpc) is 3.06. The van der Waals surface area contributed by atoms with Crippen LogP contribution in [0, 0.1) is 0 Å². The van der Waals surface area contributed by atoms with Gasteiger partial charge in [-0.3, -0.25) is 32.8 Å². The zero-order valence-corrected chi connectivity index (χ0v) is 27.4. The number of carbonyl (C=O) groups excluding carboxylic acids is 1. The number of nitrogens with zero attached hydrogens (tertiary/aromatic N) is 1. The van der Waals surface area contributed by atoms with E-state index in [0.717, 1.165) is 19.2 Å². The summed E-state index contributed by atoms with van der Waals surface area (Å²) >= 11 is 0. The summed E-state index contributed by atoms with van der Waals surface area (Å²) < 4.78 is 48.4. The van der Waals surface area contributed by atoms with Gasteiger partial charge in [-0.1, -0.05) is 0 Å². The number of carbonyl (C=O) groups is 1. The predicted octanol–water partition coefficient (Wildman–Crippen LogP) is -10.9. The number of rotatable bonds is 9. The molecule has 1 aromatic rings. The molecule has 0 saturated carbocycles. The van der Waals surface area contributed by atoms with Crippen molar-refractivity contribution in [3.63, 3.8) is 0 Å². The molecule has 40 heavy (non-hydrogen) atoms. The van der Waals surface area contributed by atoms with Gasteiger partial charge in [-0.25, -0.2) is 9.11 Å². The summed E-state index contributed by atoms with van der Waals surface area (Å²) in [5.74, 6) is -0.771. The van der Waals surface area contributed by atoms with Crippen LogP contribution in [0.4, 0.5) is 0 Å². The van der Waals surface area contributed by atoms with Crippen molar-refractivity contribution in [1.29, 1.82) is 0 Å². The number of nitrogens with one attached hydrogen (secondary N) is 2. The fourth-order valence-corrected chi connectivity index (χ4v) is 5.78. The zero-order valence-electron chi connectivity index (χ0n) is 21.6. The van der Waals surface area contributed by atoms with Crippen LogP contribution in [0.15, 0.2) is 21.9 Å². The van der Waals surface area contributed by atoms with Gasteiger partial charge in [0.05, 0.1) is 12.7 Å². The number of ether oxygens (including phenoxy) is 2. The minimum absolute atomic E-state index is 0. The maximum absolute atomic E-state index is 12.3. The quantitative estimate of drug-likeness (QED) is 0.108. The van der Waals surface area contributed by atoms with Gasteiger partial charge in [0.15, 0.2) is 12.5 Å². The van der Waals surface area contributed by atoms with Crippen molar-refractivity contribution in [2.45, 2.75) is 69.0 Å². The van der Waals surface area contributed by atoms with E-state index < -0.39 is 94.6 Å². The number of hydrogen-bond acceptors (Lipinski definition) is 16. The maximum Gasteiger partial charge on any atom is 1.00 e. The van der Waals surface area contributed by atoms with Gasteiger partial charge in [-0.2, -0.15) is 0 Å². The summed E-state index contributed by atoms with van der Waals surface area (Å²) in [6, 6.07) is -0.722. The Kier molecular flexibility index (Phi) is 14.6. The molecule has 6 N–H and O–H groups in total. The first-order chi connectivity index (χ1) is 17.5. The van der Waals surface area contributed by atoms with E-state index in [4.69, 9.17) is 9.47 Å². The Morgan fingerprint density at radius 3 is 2.27 bits per heavy atom. The number of aliphatic hydroxyl groups excluding tert-OH is 4. The zero-order chi connectivity index (χ0) is 28.6. The van der Waals surface area contributed by atoms with Crippen molar-refractivity contribution in [1.82, 2.24) is 14.9 Å². The molecule has 0 radical (unpaired) electrons. The second-order valence-electron chi connectivity index (χ2n) is 8.36. The molecule has 2 fully saturated rings. The molecule has 0 aliphatic carbocycles. The number of phosphoric acid groups is 2. The molecule has 2 saturated heterocycles. The number of phosphoric ester groups is 2. The van der Waals surface area contributed by atoms with Gasteiger partial charge in [0, 0.05) is 19.2 Å². The van der Waals surface area contributed by atoms with E-state index >= 15 is 0 Å². The van der Waals surface area contributed by atoms with E-state index in [9.17, 15) is 53.7 Å². The van der Waals surface area contributed by atoms with Crippen LogP contribution >= 0.6 is 15.6 Å². The summed E-state index contributed by atoms with van der Waals surface area (Å²) in [6.07, 6.45) is -12.4. The van der Waals surface area contributed by atoms with E-state index in [-0.39, 0.29) is 59.1 Å². The number of H-pyrrole nitrogens is 1. The molecular formula is C17H25N3Na2O16P2. The summed E-state index contributed by atoms with van der Waals surface area (Å²) in [7, 11) is -11.6. The third-order valence-electron chi connectivity index (χ3n) is 5.50. The minimum atomic E-state index is -5.85. The van der Waals surface area contributed by atoms with Gasteiger partial charge in [-0.15, -0.1) is 0 Å². The Bertz CT molecular complexity index is 1230. The second-order valence-corrected chi connectivity index (χ2v) is 11.3. The van der Waals surface area contributed by atoms with Gasteiger partial charge >= 0.3 is 64.8 Å². The van der Waals surface area contributed by atoms with Gasteiger partial charge in [0.1, 0.15) is 36.6 Å². The van der Waals surface area contributed by atoms with Crippen LogP contribution in [0.5, 0.6) is 0 Å². The normalized spacial score (nSPS) is 35.0. The smallest absolute Gasteiger partial charge is 0.756 e. The minimum Gasteiger partial charge on any atom is -0.756 e. The Balaban J connectivity index is 0.00000400. The Morgan fingerprint density at radius 1 is 1.07 bits per heavy atom. The first-order valence-corrected chi connectivity index (χ1v) is 13.7. The molecule has 1 amide bonds. The standard InChI is InChI=1S/C17H27N3O16P2.2Na/c1-6-11(23)13(25)10(18-7(2)21)16(33-6)35-38(30,31)36-37(28,29)32-5-8-12(24)14(26)15(34-8)20-4-3-9(22)19-17(20)27;;/h3-4,6,8,10-16,23-26H,5H2,1-2H3,(H,18,21)(H,28,29)(H,30,31)(H,19,22,27);;/q;2*+1/p-2/t6-,8-,10-,11-,12-,13-,14-,15-,16-;;/m1../s1. The Labute approximate surface area is 269 Å². The van der Waals surface area contributed by atoms with E-state index in [2.05, 4.69) is 18.7 Å². The molecule has 216 valence electrons. The predicted molar refractivity (Wildman–Crippen MR) is 115 cm³/mol. The molecule has 11 atom stereocenters. The summed E-state index contributed by atoms with van der Waals surface area (Å²) in [4.78, 5) is 60.8. The van der Waals surface area contributed by atoms with E-state index in [1.807, 2.05) is 4.98 Å². The van der Waals surface area contributed by atoms with Gasteiger partial charge in [0.25, 0.3) is 21.2 Å². The summed E-state index contributed by atoms with van der Waals surface area (Å²) in [5.41, 5.74) is -1.76. The third kappa shape index (κ3) is 9.59. The van der Waals surface area contributed by atoms with Crippen LogP contribution in [-0.2, 0) is 36.8 Å². The number of aromatic amines is 1. The third-order valence-corrected chi connectivity index (χ3v) is 8.03. The number of aliphatic hydroxyl groups is 4. The van der Waals surface area contributed by atoms with Crippen LogP contribution in [0.1, 0.15) is 20.1 Å². The summed E-state index contributed by atoms with van der Waals surface area (Å²) in [6.45, 7) is 1.15. The fraction of sp³-hybridized carbons (Fsp3) is 0.706. The fourth-order valence-electron chi connectivity index (χ4n) is 3.69. The molecule has 19 nitrogen and oxygen atoms in total. The maximum atomic E-state index is 12.3. The van der Waals surface area contributed by atoms with Gasteiger partial charge in [0.2, 0.25) is 5.91 Å². The Hall–Kier alpha value is 0.170. The topological polar surface area (TPSA) is 291 Å². The first kappa shape index (κ1) is 38.2. The van der Waals surface area contributed by atoms with Crippen LogP contribution < -0.4 is 85.5 Å². The molecule has 0 bridgehead atoms. The molecule has 1 aromatic heterocycles. The van der Waals surface area contributed by atoms with Crippen LogP contribution in [0.3, 0.4) is 0 Å².